The zero-order chi connectivity index (χ0) is 18.7. The summed E-state index contributed by atoms with van der Waals surface area (Å²) in [5, 5.41) is 9.10. The third kappa shape index (κ3) is 3.66. The SMILES string of the molecule is CCCN(C(=O)c1c(C)coc1CC(=O)O)C1CCc2ccccc2C1. The molecule has 0 bridgehead atoms. The molecule has 1 amide bonds. The summed E-state index contributed by atoms with van der Waals surface area (Å²) in [6.45, 7) is 4.50. The Bertz CT molecular complexity index is 808. The first-order valence-electron chi connectivity index (χ1n) is 9.17. The molecule has 1 atom stereocenters. The fourth-order valence-corrected chi connectivity index (χ4v) is 3.83. The highest BCUT2D eigenvalue weighted by Crippen LogP contribution is 2.27. The number of aliphatic carboxylic acids is 1. The minimum atomic E-state index is -0.998. The number of hydrogen-bond donors (Lipinski definition) is 1. The Kier molecular flexibility index (Phi) is 5.45. The van der Waals surface area contributed by atoms with Gasteiger partial charge in [-0.2, -0.15) is 0 Å². The molecule has 3 rings (SSSR count). The molecule has 1 aromatic heterocycles. The predicted molar refractivity (Wildman–Crippen MR) is 98.4 cm³/mol. The number of aryl methyl sites for hydroxylation is 2. The average Bonchev–Trinajstić information content (AvgIpc) is 2.98. The van der Waals surface area contributed by atoms with Crippen molar-refractivity contribution < 1.29 is 19.1 Å². The molecular weight excluding hydrogens is 330 g/mol. The van der Waals surface area contributed by atoms with Crippen molar-refractivity contribution in [3.05, 3.63) is 58.5 Å². The van der Waals surface area contributed by atoms with Crippen LogP contribution in [-0.4, -0.2) is 34.5 Å². The van der Waals surface area contributed by atoms with Crippen LogP contribution in [0.1, 0.15) is 52.6 Å². The number of rotatable bonds is 6. The van der Waals surface area contributed by atoms with E-state index in [9.17, 15) is 9.59 Å². The maximum Gasteiger partial charge on any atom is 0.311 e. The lowest BCUT2D eigenvalue weighted by Crippen LogP contribution is -2.44. The lowest BCUT2D eigenvalue weighted by molar-refractivity contribution is -0.136. The first-order chi connectivity index (χ1) is 12.5. The Balaban J connectivity index is 1.88. The molecule has 1 N–H and O–H groups in total. The summed E-state index contributed by atoms with van der Waals surface area (Å²) in [4.78, 5) is 26.3. The van der Waals surface area contributed by atoms with E-state index in [2.05, 4.69) is 25.1 Å². The second-order valence-corrected chi connectivity index (χ2v) is 6.95. The monoisotopic (exact) mass is 355 g/mol. The highest BCUT2D eigenvalue weighted by Gasteiger charge is 2.31. The van der Waals surface area contributed by atoms with Crippen molar-refractivity contribution in [3.63, 3.8) is 0 Å². The topological polar surface area (TPSA) is 70.8 Å². The largest absolute Gasteiger partial charge is 0.481 e. The third-order valence-corrected chi connectivity index (χ3v) is 5.06. The molecule has 0 fully saturated rings. The lowest BCUT2D eigenvalue weighted by Gasteiger charge is -2.35. The molecule has 138 valence electrons. The fourth-order valence-electron chi connectivity index (χ4n) is 3.83. The minimum absolute atomic E-state index is 0.112. The predicted octanol–water partition coefficient (Wildman–Crippen LogP) is 3.62. The molecule has 5 nitrogen and oxygen atoms in total. The third-order valence-electron chi connectivity index (χ3n) is 5.06. The van der Waals surface area contributed by atoms with Crippen molar-refractivity contribution in [2.75, 3.05) is 6.54 Å². The fraction of sp³-hybridized carbons (Fsp3) is 0.429. The summed E-state index contributed by atoms with van der Waals surface area (Å²) >= 11 is 0. The normalized spacial score (nSPS) is 16.2. The first kappa shape index (κ1) is 18.2. The van der Waals surface area contributed by atoms with E-state index >= 15 is 0 Å². The van der Waals surface area contributed by atoms with Crippen LogP contribution in [-0.2, 0) is 24.1 Å². The smallest absolute Gasteiger partial charge is 0.311 e. The molecule has 1 unspecified atom stereocenters. The van der Waals surface area contributed by atoms with E-state index < -0.39 is 5.97 Å². The van der Waals surface area contributed by atoms with Gasteiger partial charge >= 0.3 is 5.97 Å². The van der Waals surface area contributed by atoms with Crippen molar-refractivity contribution in [1.82, 2.24) is 4.90 Å². The van der Waals surface area contributed by atoms with Crippen molar-refractivity contribution >= 4 is 11.9 Å². The van der Waals surface area contributed by atoms with E-state index in [0.717, 1.165) is 25.7 Å². The Hall–Kier alpha value is -2.56. The molecule has 1 aliphatic carbocycles. The number of fused-ring (bicyclic) bond motifs is 1. The molecule has 0 saturated heterocycles. The standard InChI is InChI=1S/C21H25NO4/c1-3-10-22(17-9-8-15-6-4-5-7-16(15)11-17)21(25)20-14(2)13-26-18(20)12-19(23)24/h4-7,13,17H,3,8-12H2,1-2H3,(H,23,24). The van der Waals surface area contributed by atoms with E-state index in [-0.39, 0.29) is 24.1 Å². The number of amides is 1. The van der Waals surface area contributed by atoms with Crippen LogP contribution in [0, 0.1) is 6.92 Å². The van der Waals surface area contributed by atoms with Gasteiger partial charge in [0.05, 0.1) is 11.8 Å². The molecule has 0 radical (unpaired) electrons. The van der Waals surface area contributed by atoms with Crippen LogP contribution in [0.2, 0.25) is 0 Å². The zero-order valence-electron chi connectivity index (χ0n) is 15.3. The molecule has 0 saturated carbocycles. The Morgan fingerprint density at radius 3 is 2.69 bits per heavy atom. The van der Waals surface area contributed by atoms with Crippen LogP contribution in [0.5, 0.6) is 0 Å². The Morgan fingerprint density at radius 2 is 2.00 bits per heavy atom. The van der Waals surface area contributed by atoms with E-state index in [1.54, 1.807) is 6.92 Å². The van der Waals surface area contributed by atoms with E-state index in [1.165, 1.54) is 17.4 Å². The van der Waals surface area contributed by atoms with Crippen LogP contribution < -0.4 is 0 Å². The molecule has 2 aromatic rings. The number of nitrogens with zero attached hydrogens (tertiary/aromatic N) is 1. The van der Waals surface area contributed by atoms with Crippen molar-refractivity contribution in [2.24, 2.45) is 0 Å². The van der Waals surface area contributed by atoms with Gasteiger partial charge < -0.3 is 14.4 Å². The number of carbonyl (C=O) groups is 2. The average molecular weight is 355 g/mol. The molecular formula is C21H25NO4. The van der Waals surface area contributed by atoms with Gasteiger partial charge in [-0.25, -0.2) is 0 Å². The molecule has 0 aliphatic heterocycles. The summed E-state index contributed by atoms with van der Waals surface area (Å²) in [5.74, 6) is -0.863. The van der Waals surface area contributed by atoms with Gasteiger partial charge in [0.15, 0.2) is 0 Å². The molecule has 1 aliphatic rings. The van der Waals surface area contributed by atoms with Gasteiger partial charge in [-0.05, 0) is 43.7 Å². The number of hydrogen-bond acceptors (Lipinski definition) is 3. The Morgan fingerprint density at radius 1 is 1.27 bits per heavy atom. The summed E-state index contributed by atoms with van der Waals surface area (Å²) < 4.78 is 5.37. The highest BCUT2D eigenvalue weighted by molar-refractivity contribution is 5.97. The summed E-state index contributed by atoms with van der Waals surface area (Å²) in [6.07, 6.45) is 4.78. The molecule has 5 heteroatoms. The number of carbonyl (C=O) groups excluding carboxylic acids is 1. The summed E-state index contributed by atoms with van der Waals surface area (Å²) in [6, 6.07) is 8.52. The first-order valence-corrected chi connectivity index (χ1v) is 9.17. The second-order valence-electron chi connectivity index (χ2n) is 6.95. The van der Waals surface area contributed by atoms with Gasteiger partial charge in [-0.1, -0.05) is 31.2 Å². The second kappa shape index (κ2) is 7.77. The van der Waals surface area contributed by atoms with Crippen LogP contribution in [0.15, 0.2) is 34.9 Å². The van der Waals surface area contributed by atoms with Crippen LogP contribution in [0.25, 0.3) is 0 Å². The van der Waals surface area contributed by atoms with Crippen LogP contribution >= 0.6 is 0 Å². The van der Waals surface area contributed by atoms with E-state index in [0.29, 0.717) is 17.7 Å². The van der Waals surface area contributed by atoms with Gasteiger partial charge in [0, 0.05) is 18.2 Å². The molecule has 0 spiro atoms. The van der Waals surface area contributed by atoms with Crippen LogP contribution in [0.4, 0.5) is 0 Å². The number of carboxylic acid groups (broad SMARTS) is 1. The number of furan rings is 1. The van der Waals surface area contributed by atoms with E-state index in [4.69, 9.17) is 9.52 Å². The van der Waals surface area contributed by atoms with Crippen molar-refractivity contribution in [3.8, 4) is 0 Å². The van der Waals surface area contributed by atoms with Gasteiger partial charge in [0.25, 0.3) is 5.91 Å². The van der Waals surface area contributed by atoms with Gasteiger partial charge in [0.2, 0.25) is 0 Å². The van der Waals surface area contributed by atoms with Gasteiger partial charge in [-0.15, -0.1) is 0 Å². The van der Waals surface area contributed by atoms with Crippen molar-refractivity contribution in [1.29, 1.82) is 0 Å². The van der Waals surface area contributed by atoms with Crippen LogP contribution in [0.3, 0.4) is 0 Å². The maximum absolute atomic E-state index is 13.3. The quantitative estimate of drug-likeness (QED) is 0.859. The van der Waals surface area contributed by atoms with Crippen molar-refractivity contribution in [2.45, 2.75) is 52.0 Å². The number of benzene rings is 1. The minimum Gasteiger partial charge on any atom is -0.481 e. The van der Waals surface area contributed by atoms with Gasteiger partial charge in [0.1, 0.15) is 12.2 Å². The highest BCUT2D eigenvalue weighted by atomic mass is 16.4. The zero-order valence-corrected chi connectivity index (χ0v) is 15.3. The molecule has 26 heavy (non-hydrogen) atoms. The van der Waals surface area contributed by atoms with Gasteiger partial charge in [-0.3, -0.25) is 9.59 Å². The lowest BCUT2D eigenvalue weighted by atomic mass is 9.87. The molecule has 1 heterocycles. The Labute approximate surface area is 153 Å². The summed E-state index contributed by atoms with van der Waals surface area (Å²) in [7, 11) is 0. The molecule has 1 aromatic carbocycles. The van der Waals surface area contributed by atoms with E-state index in [1.807, 2.05) is 11.0 Å². The maximum atomic E-state index is 13.3. The summed E-state index contributed by atoms with van der Waals surface area (Å²) in [5.41, 5.74) is 3.77. The number of carboxylic acids is 1.